The van der Waals surface area contributed by atoms with Crippen LogP contribution in [0.15, 0.2) is 18.2 Å². The van der Waals surface area contributed by atoms with Gasteiger partial charge >= 0.3 is 6.18 Å². The van der Waals surface area contributed by atoms with Crippen LogP contribution in [0.5, 0.6) is 0 Å². The van der Waals surface area contributed by atoms with Crippen LogP contribution < -0.4 is 5.73 Å². The number of alkyl halides is 3. The predicted molar refractivity (Wildman–Crippen MR) is 54.3 cm³/mol. The minimum absolute atomic E-state index is 0.0841. The molecule has 15 heavy (non-hydrogen) atoms. The van der Waals surface area contributed by atoms with Gasteiger partial charge in [-0.25, -0.2) is 0 Å². The van der Waals surface area contributed by atoms with E-state index in [1.807, 2.05) is 0 Å². The lowest BCUT2D eigenvalue weighted by atomic mass is 9.99. The van der Waals surface area contributed by atoms with Gasteiger partial charge in [-0.3, -0.25) is 0 Å². The molecule has 0 spiro atoms. The standard InChI is InChI=1S/C9H8Cl2F3N/c10-7-3-1-2-5(8(7)11)6(4-15)9(12,13)14/h1-3,6H,4,15H2. The first-order valence-electron chi connectivity index (χ1n) is 4.08. The van der Waals surface area contributed by atoms with Gasteiger partial charge in [0.15, 0.2) is 0 Å². The van der Waals surface area contributed by atoms with E-state index in [1.165, 1.54) is 18.2 Å². The molecule has 2 N–H and O–H groups in total. The lowest BCUT2D eigenvalue weighted by Crippen LogP contribution is -2.28. The van der Waals surface area contributed by atoms with E-state index in [2.05, 4.69) is 0 Å². The molecule has 0 aliphatic carbocycles. The van der Waals surface area contributed by atoms with Crippen LogP contribution in [0.4, 0.5) is 13.2 Å². The third-order valence-electron chi connectivity index (χ3n) is 1.99. The van der Waals surface area contributed by atoms with Crippen molar-refractivity contribution in [2.75, 3.05) is 6.54 Å². The summed E-state index contributed by atoms with van der Waals surface area (Å²) in [5.41, 5.74) is 5.00. The molecule has 0 radical (unpaired) electrons. The molecule has 6 heteroatoms. The number of nitrogens with two attached hydrogens (primary N) is 1. The molecule has 0 amide bonds. The monoisotopic (exact) mass is 257 g/mol. The normalized spacial score (nSPS) is 14.0. The van der Waals surface area contributed by atoms with E-state index in [4.69, 9.17) is 28.9 Å². The highest BCUT2D eigenvalue weighted by atomic mass is 35.5. The summed E-state index contributed by atoms with van der Waals surface area (Å²) in [6.45, 7) is -0.552. The highest BCUT2D eigenvalue weighted by molar-refractivity contribution is 6.42. The van der Waals surface area contributed by atoms with Crippen LogP contribution in [-0.4, -0.2) is 12.7 Å². The molecular weight excluding hydrogens is 250 g/mol. The second kappa shape index (κ2) is 4.60. The summed E-state index contributed by atoms with van der Waals surface area (Å²) < 4.78 is 37.6. The van der Waals surface area contributed by atoms with Crippen LogP contribution in [0.3, 0.4) is 0 Å². The Morgan fingerprint density at radius 2 is 1.87 bits per heavy atom. The van der Waals surface area contributed by atoms with Gasteiger partial charge in [0.25, 0.3) is 0 Å². The minimum Gasteiger partial charge on any atom is -0.330 e. The number of rotatable bonds is 2. The van der Waals surface area contributed by atoms with Gasteiger partial charge in [-0.15, -0.1) is 0 Å². The Kier molecular flexibility index (Phi) is 3.87. The van der Waals surface area contributed by atoms with Gasteiger partial charge in [0.05, 0.1) is 16.0 Å². The maximum Gasteiger partial charge on any atom is 0.397 e. The van der Waals surface area contributed by atoms with Crippen LogP contribution >= 0.6 is 23.2 Å². The van der Waals surface area contributed by atoms with Crippen molar-refractivity contribution in [2.45, 2.75) is 12.1 Å². The van der Waals surface area contributed by atoms with E-state index in [1.54, 1.807) is 0 Å². The summed E-state index contributed by atoms with van der Waals surface area (Å²) in [4.78, 5) is 0. The van der Waals surface area contributed by atoms with E-state index < -0.39 is 18.6 Å². The van der Waals surface area contributed by atoms with Crippen molar-refractivity contribution >= 4 is 23.2 Å². The Bertz CT molecular complexity index is 352. The van der Waals surface area contributed by atoms with Crippen LogP contribution in [0.2, 0.25) is 10.0 Å². The van der Waals surface area contributed by atoms with Crippen molar-refractivity contribution in [3.8, 4) is 0 Å². The molecule has 0 saturated carbocycles. The highest BCUT2D eigenvalue weighted by Gasteiger charge is 2.40. The quantitative estimate of drug-likeness (QED) is 0.861. The van der Waals surface area contributed by atoms with Gasteiger partial charge < -0.3 is 5.73 Å². The average molecular weight is 258 g/mol. The first-order valence-corrected chi connectivity index (χ1v) is 4.84. The highest BCUT2D eigenvalue weighted by Crippen LogP contribution is 2.39. The van der Waals surface area contributed by atoms with Crippen molar-refractivity contribution < 1.29 is 13.2 Å². The fourth-order valence-electron chi connectivity index (χ4n) is 1.23. The second-order valence-electron chi connectivity index (χ2n) is 2.97. The SMILES string of the molecule is NCC(c1cccc(Cl)c1Cl)C(F)(F)F. The first-order chi connectivity index (χ1) is 6.88. The molecule has 0 bridgehead atoms. The molecule has 1 rings (SSSR count). The first kappa shape index (κ1) is 12.6. The Morgan fingerprint density at radius 1 is 1.27 bits per heavy atom. The number of halogens is 5. The van der Waals surface area contributed by atoms with Gasteiger partial charge in [-0.05, 0) is 11.6 Å². The number of hydrogen-bond donors (Lipinski definition) is 1. The van der Waals surface area contributed by atoms with E-state index in [0.717, 1.165) is 0 Å². The van der Waals surface area contributed by atoms with Gasteiger partial charge in [0.1, 0.15) is 0 Å². The van der Waals surface area contributed by atoms with Crippen molar-refractivity contribution in [3.05, 3.63) is 33.8 Å². The molecule has 0 aromatic heterocycles. The molecule has 0 aliphatic heterocycles. The van der Waals surface area contributed by atoms with Gasteiger partial charge in [0.2, 0.25) is 0 Å². The van der Waals surface area contributed by atoms with Crippen molar-refractivity contribution in [1.82, 2.24) is 0 Å². The summed E-state index contributed by atoms with van der Waals surface area (Å²) in [7, 11) is 0. The third-order valence-corrected chi connectivity index (χ3v) is 2.82. The smallest absolute Gasteiger partial charge is 0.330 e. The maximum atomic E-state index is 12.5. The van der Waals surface area contributed by atoms with Crippen molar-refractivity contribution in [2.24, 2.45) is 5.73 Å². The van der Waals surface area contributed by atoms with Gasteiger partial charge in [0, 0.05) is 6.54 Å². The van der Waals surface area contributed by atoms with E-state index in [9.17, 15) is 13.2 Å². The number of benzene rings is 1. The Balaban J connectivity index is 3.19. The molecule has 1 aromatic rings. The zero-order valence-corrected chi connectivity index (χ0v) is 9.00. The molecular formula is C9H8Cl2F3N. The van der Waals surface area contributed by atoms with Crippen LogP contribution in [-0.2, 0) is 0 Å². The lowest BCUT2D eigenvalue weighted by molar-refractivity contribution is -0.148. The topological polar surface area (TPSA) is 26.0 Å². The summed E-state index contributed by atoms with van der Waals surface area (Å²) in [6.07, 6.45) is -4.41. The lowest BCUT2D eigenvalue weighted by Gasteiger charge is -2.20. The van der Waals surface area contributed by atoms with Crippen LogP contribution in [0, 0.1) is 0 Å². The molecule has 1 unspecified atom stereocenters. The maximum absolute atomic E-state index is 12.5. The summed E-state index contributed by atoms with van der Waals surface area (Å²) >= 11 is 11.3. The van der Waals surface area contributed by atoms with E-state index in [-0.39, 0.29) is 15.6 Å². The largest absolute Gasteiger partial charge is 0.397 e. The van der Waals surface area contributed by atoms with Crippen LogP contribution in [0.25, 0.3) is 0 Å². The molecule has 1 atom stereocenters. The van der Waals surface area contributed by atoms with E-state index >= 15 is 0 Å². The summed E-state index contributed by atoms with van der Waals surface area (Å²) in [5, 5.41) is 0.00353. The zero-order valence-electron chi connectivity index (χ0n) is 7.48. The molecule has 0 fully saturated rings. The molecule has 1 aromatic carbocycles. The van der Waals surface area contributed by atoms with Gasteiger partial charge in [-0.2, -0.15) is 13.2 Å². The third kappa shape index (κ3) is 2.77. The van der Waals surface area contributed by atoms with Crippen molar-refractivity contribution in [3.63, 3.8) is 0 Å². The Labute approximate surface area is 95.0 Å². The van der Waals surface area contributed by atoms with Crippen LogP contribution in [0.1, 0.15) is 11.5 Å². The fourth-order valence-corrected chi connectivity index (χ4v) is 1.67. The Morgan fingerprint density at radius 3 is 2.33 bits per heavy atom. The second-order valence-corrected chi connectivity index (χ2v) is 3.76. The zero-order chi connectivity index (χ0) is 11.6. The average Bonchev–Trinajstić information content (AvgIpc) is 2.11. The predicted octanol–water partition coefficient (Wildman–Crippen LogP) is 3.60. The summed E-state index contributed by atoms with van der Waals surface area (Å²) in [5.74, 6) is -1.77. The molecule has 84 valence electrons. The molecule has 0 heterocycles. The van der Waals surface area contributed by atoms with Gasteiger partial charge in [-0.1, -0.05) is 35.3 Å². The molecule has 1 nitrogen and oxygen atoms in total. The number of hydrogen-bond acceptors (Lipinski definition) is 1. The minimum atomic E-state index is -4.41. The fraction of sp³-hybridized carbons (Fsp3) is 0.333. The molecule has 0 aliphatic rings. The van der Waals surface area contributed by atoms with Crippen molar-refractivity contribution in [1.29, 1.82) is 0 Å². The summed E-state index contributed by atoms with van der Waals surface area (Å²) in [6, 6.07) is 4.12. The Hall–Kier alpha value is -0.450. The molecule has 0 saturated heterocycles. The van der Waals surface area contributed by atoms with E-state index in [0.29, 0.717) is 0 Å².